The third kappa shape index (κ3) is 3.94. The number of aliphatic hydroxyl groups excluding tert-OH is 1. The summed E-state index contributed by atoms with van der Waals surface area (Å²) in [6.07, 6.45) is 0. The van der Waals surface area contributed by atoms with Crippen molar-refractivity contribution in [2.24, 2.45) is 0 Å². The van der Waals surface area contributed by atoms with Crippen molar-refractivity contribution in [1.82, 2.24) is 0 Å². The summed E-state index contributed by atoms with van der Waals surface area (Å²) in [5.74, 6) is -0.907. The fourth-order valence-corrected chi connectivity index (χ4v) is 4.21. The van der Waals surface area contributed by atoms with Gasteiger partial charge in [0.2, 0.25) is 0 Å². The van der Waals surface area contributed by atoms with Gasteiger partial charge in [-0.15, -0.1) is 0 Å². The molecule has 1 aliphatic rings. The predicted octanol–water partition coefficient (Wildman–Crippen LogP) is 5.29. The lowest BCUT2D eigenvalue weighted by molar-refractivity contribution is -0.132. The summed E-state index contributed by atoms with van der Waals surface area (Å²) in [5.41, 5.74) is 2.13. The summed E-state index contributed by atoms with van der Waals surface area (Å²) in [6.45, 7) is 1.86. The number of nitrogens with zero attached hydrogens (tertiary/aromatic N) is 1. The predicted molar refractivity (Wildman–Crippen MR) is 127 cm³/mol. The molecule has 1 heterocycles. The van der Waals surface area contributed by atoms with Crippen LogP contribution in [-0.4, -0.2) is 31.0 Å². The van der Waals surface area contributed by atoms with Crippen LogP contribution in [0, 0.1) is 6.92 Å². The van der Waals surface area contributed by atoms with Gasteiger partial charge in [0, 0.05) is 11.3 Å². The summed E-state index contributed by atoms with van der Waals surface area (Å²) in [5, 5.41) is 11.5. The van der Waals surface area contributed by atoms with E-state index in [2.05, 4.69) is 0 Å². The zero-order chi connectivity index (χ0) is 23.7. The first kappa shape index (κ1) is 22.4. The largest absolute Gasteiger partial charge is 0.507 e. The highest BCUT2D eigenvalue weighted by Crippen LogP contribution is 2.44. The van der Waals surface area contributed by atoms with Crippen LogP contribution in [0.15, 0.2) is 72.3 Å². The molecule has 0 aliphatic carbocycles. The summed E-state index contributed by atoms with van der Waals surface area (Å²) < 4.78 is 10.6. The Bertz CT molecular complexity index is 1280. The minimum absolute atomic E-state index is 0.0633. The molecule has 3 aromatic rings. The van der Waals surface area contributed by atoms with Gasteiger partial charge in [0.15, 0.2) is 0 Å². The lowest BCUT2D eigenvalue weighted by Crippen LogP contribution is -2.30. The van der Waals surface area contributed by atoms with E-state index in [0.717, 1.165) is 5.56 Å². The molecule has 0 saturated carbocycles. The van der Waals surface area contributed by atoms with Crippen molar-refractivity contribution in [3.63, 3.8) is 0 Å². The number of hydrogen-bond donors (Lipinski definition) is 1. The molecule has 6 nitrogen and oxygen atoms in total. The lowest BCUT2D eigenvalue weighted by Gasteiger charge is -2.27. The number of para-hydroxylation sites is 1. The Morgan fingerprint density at radius 2 is 1.64 bits per heavy atom. The third-order valence-electron chi connectivity index (χ3n) is 5.66. The van der Waals surface area contributed by atoms with E-state index in [1.54, 1.807) is 48.5 Å². The Hall–Kier alpha value is -3.77. The fraction of sp³-hybridized carbons (Fsp3) is 0.154. The van der Waals surface area contributed by atoms with Crippen LogP contribution in [0.1, 0.15) is 22.7 Å². The molecule has 1 N–H and O–H groups in total. The van der Waals surface area contributed by atoms with Gasteiger partial charge in [-0.25, -0.2) is 0 Å². The molecule has 1 unspecified atom stereocenters. The molecular formula is C26H22ClNO5. The minimum atomic E-state index is -0.886. The van der Waals surface area contributed by atoms with Crippen molar-refractivity contribution in [3.05, 3.63) is 94.0 Å². The van der Waals surface area contributed by atoms with Crippen LogP contribution in [-0.2, 0) is 9.59 Å². The monoisotopic (exact) mass is 463 g/mol. The number of Topliss-reactive ketones (excluding diaryl/α,β-unsaturated/α-hetero) is 1. The summed E-state index contributed by atoms with van der Waals surface area (Å²) in [4.78, 5) is 28.0. The molecule has 0 aromatic heterocycles. The average Bonchev–Trinajstić information content (AvgIpc) is 3.09. The van der Waals surface area contributed by atoms with E-state index in [1.807, 2.05) is 19.1 Å². The SMILES string of the molecule is COc1cccc(C2/C(=C(\O)c3cc(OC)ccc3Cl)C(=O)C(=O)N2c2ccccc2C)c1. The zero-order valence-corrected chi connectivity index (χ0v) is 19.1. The van der Waals surface area contributed by atoms with Crippen LogP contribution in [0.3, 0.4) is 0 Å². The van der Waals surface area contributed by atoms with Crippen LogP contribution in [0.25, 0.3) is 5.76 Å². The Morgan fingerprint density at radius 1 is 0.939 bits per heavy atom. The molecule has 1 amide bonds. The molecule has 1 saturated heterocycles. The fourth-order valence-electron chi connectivity index (χ4n) is 4.00. The highest BCUT2D eigenvalue weighted by molar-refractivity contribution is 6.52. The zero-order valence-electron chi connectivity index (χ0n) is 18.3. The first-order valence-electron chi connectivity index (χ1n) is 10.2. The number of carbonyl (C=O) groups is 2. The third-order valence-corrected chi connectivity index (χ3v) is 5.99. The second kappa shape index (κ2) is 9.00. The Kier molecular flexibility index (Phi) is 6.11. The number of carbonyl (C=O) groups excluding carboxylic acids is 2. The van der Waals surface area contributed by atoms with E-state index in [4.69, 9.17) is 21.1 Å². The molecule has 7 heteroatoms. The van der Waals surface area contributed by atoms with Crippen molar-refractivity contribution < 1.29 is 24.2 Å². The number of amides is 1. The first-order valence-corrected chi connectivity index (χ1v) is 10.6. The average molecular weight is 464 g/mol. The van der Waals surface area contributed by atoms with Crippen molar-refractivity contribution in [2.75, 3.05) is 19.1 Å². The van der Waals surface area contributed by atoms with Gasteiger partial charge in [-0.2, -0.15) is 0 Å². The van der Waals surface area contributed by atoms with Crippen LogP contribution in [0.2, 0.25) is 5.02 Å². The van der Waals surface area contributed by atoms with Crippen molar-refractivity contribution in [1.29, 1.82) is 0 Å². The number of aliphatic hydroxyl groups is 1. The molecule has 0 bridgehead atoms. The maximum absolute atomic E-state index is 13.3. The topological polar surface area (TPSA) is 76.1 Å². The Balaban J connectivity index is 2.01. The number of benzene rings is 3. The highest BCUT2D eigenvalue weighted by Gasteiger charge is 2.47. The maximum Gasteiger partial charge on any atom is 0.300 e. The standard InChI is InChI=1S/C26H22ClNO5/c1-15-7-4-5-10-21(15)28-23(16-8-6-9-17(13-16)32-2)22(25(30)26(28)31)24(29)19-14-18(33-3)11-12-20(19)27/h4-14,23,29H,1-3H3/b24-22+. The van der Waals surface area contributed by atoms with Crippen LogP contribution in [0.5, 0.6) is 11.5 Å². The summed E-state index contributed by atoms with van der Waals surface area (Å²) in [6, 6.07) is 18.2. The number of ether oxygens (including phenoxy) is 2. The molecule has 4 rings (SSSR count). The number of hydrogen-bond acceptors (Lipinski definition) is 5. The van der Waals surface area contributed by atoms with Gasteiger partial charge in [0.25, 0.3) is 11.7 Å². The number of anilines is 1. The molecular weight excluding hydrogens is 442 g/mol. The quantitative estimate of drug-likeness (QED) is 0.316. The van der Waals surface area contributed by atoms with Crippen LogP contribution >= 0.6 is 11.6 Å². The molecule has 33 heavy (non-hydrogen) atoms. The summed E-state index contributed by atoms with van der Waals surface area (Å²) >= 11 is 6.35. The molecule has 1 atom stereocenters. The first-order chi connectivity index (χ1) is 15.9. The van der Waals surface area contributed by atoms with Crippen molar-refractivity contribution in [3.8, 4) is 11.5 Å². The summed E-state index contributed by atoms with van der Waals surface area (Å²) in [7, 11) is 3.02. The molecule has 3 aromatic carbocycles. The van der Waals surface area contributed by atoms with Crippen molar-refractivity contribution >= 4 is 34.7 Å². The smallest absolute Gasteiger partial charge is 0.300 e. The number of halogens is 1. The highest BCUT2D eigenvalue weighted by atomic mass is 35.5. The molecule has 168 valence electrons. The lowest BCUT2D eigenvalue weighted by atomic mass is 9.94. The number of rotatable bonds is 5. The van der Waals surface area contributed by atoms with Gasteiger partial charge >= 0.3 is 0 Å². The maximum atomic E-state index is 13.3. The minimum Gasteiger partial charge on any atom is -0.507 e. The number of ketones is 1. The van der Waals surface area contributed by atoms with E-state index in [0.29, 0.717) is 22.7 Å². The molecule has 0 radical (unpaired) electrons. The van der Waals surface area contributed by atoms with E-state index in [9.17, 15) is 14.7 Å². The van der Waals surface area contributed by atoms with Gasteiger partial charge in [0.1, 0.15) is 17.3 Å². The van der Waals surface area contributed by atoms with E-state index in [1.165, 1.54) is 25.2 Å². The van der Waals surface area contributed by atoms with E-state index >= 15 is 0 Å². The second-order valence-electron chi connectivity index (χ2n) is 7.58. The van der Waals surface area contributed by atoms with E-state index in [-0.39, 0.29) is 21.9 Å². The van der Waals surface area contributed by atoms with Crippen LogP contribution in [0.4, 0.5) is 5.69 Å². The van der Waals surface area contributed by atoms with Crippen LogP contribution < -0.4 is 14.4 Å². The number of methoxy groups -OCH3 is 2. The van der Waals surface area contributed by atoms with Gasteiger partial charge in [-0.3, -0.25) is 14.5 Å². The second-order valence-corrected chi connectivity index (χ2v) is 7.99. The Morgan fingerprint density at radius 3 is 2.33 bits per heavy atom. The normalized spacial score (nSPS) is 17.3. The van der Waals surface area contributed by atoms with Gasteiger partial charge in [-0.1, -0.05) is 41.9 Å². The molecule has 1 fully saturated rings. The van der Waals surface area contributed by atoms with E-state index < -0.39 is 17.7 Å². The molecule has 1 aliphatic heterocycles. The van der Waals surface area contributed by atoms with Crippen molar-refractivity contribution in [2.45, 2.75) is 13.0 Å². The van der Waals surface area contributed by atoms with Gasteiger partial charge in [-0.05, 0) is 54.4 Å². The van der Waals surface area contributed by atoms with Gasteiger partial charge in [0.05, 0.1) is 30.9 Å². The Labute approximate surface area is 196 Å². The number of aryl methyl sites for hydroxylation is 1. The van der Waals surface area contributed by atoms with Gasteiger partial charge < -0.3 is 14.6 Å². The molecule has 0 spiro atoms.